The molecule has 0 amide bonds. The molecule has 0 aliphatic heterocycles. The van der Waals surface area contributed by atoms with E-state index in [9.17, 15) is 0 Å². The molecule has 0 saturated heterocycles. The van der Waals surface area contributed by atoms with Crippen molar-refractivity contribution in [3.63, 3.8) is 0 Å². The fourth-order valence-electron chi connectivity index (χ4n) is 1.98. The van der Waals surface area contributed by atoms with E-state index in [1.54, 1.807) is 0 Å². The average molecular weight is 262 g/mol. The van der Waals surface area contributed by atoms with Gasteiger partial charge in [-0.15, -0.1) is 0 Å². The van der Waals surface area contributed by atoms with E-state index in [2.05, 4.69) is 11.9 Å². The van der Waals surface area contributed by atoms with Gasteiger partial charge in [0.15, 0.2) is 0 Å². The Morgan fingerprint density at radius 2 is 1.89 bits per heavy atom. The first-order chi connectivity index (χ1) is 9.29. The van der Waals surface area contributed by atoms with Crippen molar-refractivity contribution >= 4 is 5.84 Å². The molecule has 0 spiro atoms. The van der Waals surface area contributed by atoms with Crippen LogP contribution in [-0.4, -0.2) is 19.0 Å². The first-order valence-electron chi connectivity index (χ1n) is 7.26. The maximum atomic E-state index is 6.08. The SMILES string of the molecule is CCCCCCN=C(N)C(OCC)c1ccccc1. The van der Waals surface area contributed by atoms with E-state index in [0.717, 1.165) is 18.5 Å². The fourth-order valence-corrected chi connectivity index (χ4v) is 1.98. The number of rotatable bonds is 9. The molecule has 19 heavy (non-hydrogen) atoms. The molecule has 3 heteroatoms. The minimum Gasteiger partial charge on any atom is -0.385 e. The molecule has 0 aliphatic rings. The number of benzene rings is 1. The molecule has 0 bridgehead atoms. The van der Waals surface area contributed by atoms with Crippen molar-refractivity contribution < 1.29 is 4.74 Å². The van der Waals surface area contributed by atoms with Gasteiger partial charge < -0.3 is 10.5 Å². The van der Waals surface area contributed by atoms with E-state index in [4.69, 9.17) is 10.5 Å². The van der Waals surface area contributed by atoms with Gasteiger partial charge in [0, 0.05) is 13.2 Å². The van der Waals surface area contributed by atoms with Crippen molar-refractivity contribution in [1.29, 1.82) is 0 Å². The standard InChI is InChI=1S/C16H26N2O/c1-3-5-6-10-13-18-16(17)15(19-4-2)14-11-8-7-9-12-14/h7-9,11-12,15H,3-6,10,13H2,1-2H3,(H2,17,18). The summed E-state index contributed by atoms with van der Waals surface area (Å²) in [5, 5.41) is 0. The topological polar surface area (TPSA) is 47.6 Å². The van der Waals surface area contributed by atoms with Gasteiger partial charge in [-0.3, -0.25) is 4.99 Å². The van der Waals surface area contributed by atoms with E-state index in [1.165, 1.54) is 19.3 Å². The van der Waals surface area contributed by atoms with Crippen LogP contribution in [0, 0.1) is 0 Å². The van der Waals surface area contributed by atoms with Gasteiger partial charge in [0.25, 0.3) is 0 Å². The van der Waals surface area contributed by atoms with Crippen LogP contribution in [0.5, 0.6) is 0 Å². The lowest BCUT2D eigenvalue weighted by Gasteiger charge is -2.17. The molecule has 0 radical (unpaired) electrons. The Kier molecular flexibility index (Phi) is 7.91. The summed E-state index contributed by atoms with van der Waals surface area (Å²) in [6.07, 6.45) is 4.62. The zero-order valence-electron chi connectivity index (χ0n) is 12.1. The Balaban J connectivity index is 2.57. The van der Waals surface area contributed by atoms with Crippen LogP contribution in [0.3, 0.4) is 0 Å². The minimum absolute atomic E-state index is 0.211. The van der Waals surface area contributed by atoms with Crippen LogP contribution in [0.15, 0.2) is 35.3 Å². The number of aliphatic imine (C=N–C) groups is 1. The number of unbranched alkanes of at least 4 members (excludes halogenated alkanes) is 3. The van der Waals surface area contributed by atoms with Crippen LogP contribution in [0.2, 0.25) is 0 Å². The third-order valence-corrected chi connectivity index (χ3v) is 3.01. The molecule has 0 saturated carbocycles. The second-order valence-electron chi connectivity index (χ2n) is 4.61. The summed E-state index contributed by atoms with van der Waals surface area (Å²) in [5.41, 5.74) is 7.14. The van der Waals surface area contributed by atoms with E-state index < -0.39 is 0 Å². The van der Waals surface area contributed by atoms with E-state index in [1.807, 2.05) is 37.3 Å². The van der Waals surface area contributed by atoms with Gasteiger partial charge in [-0.05, 0) is 18.9 Å². The molecule has 1 aromatic carbocycles. The highest BCUT2D eigenvalue weighted by molar-refractivity contribution is 5.86. The molecule has 1 aromatic rings. The quantitative estimate of drug-likeness (QED) is 0.419. The number of amidine groups is 1. The third-order valence-electron chi connectivity index (χ3n) is 3.01. The van der Waals surface area contributed by atoms with Gasteiger partial charge in [-0.1, -0.05) is 56.5 Å². The Hall–Kier alpha value is -1.35. The molecule has 2 N–H and O–H groups in total. The van der Waals surface area contributed by atoms with Gasteiger partial charge >= 0.3 is 0 Å². The van der Waals surface area contributed by atoms with Crippen molar-refractivity contribution in [3.8, 4) is 0 Å². The second-order valence-corrected chi connectivity index (χ2v) is 4.61. The van der Waals surface area contributed by atoms with Crippen LogP contribution in [-0.2, 0) is 4.74 Å². The van der Waals surface area contributed by atoms with Gasteiger partial charge in [0.1, 0.15) is 11.9 Å². The zero-order chi connectivity index (χ0) is 13.9. The van der Waals surface area contributed by atoms with Crippen molar-refractivity contribution in [1.82, 2.24) is 0 Å². The predicted octanol–water partition coefficient (Wildman–Crippen LogP) is 3.70. The highest BCUT2D eigenvalue weighted by Crippen LogP contribution is 2.17. The second kappa shape index (κ2) is 9.56. The predicted molar refractivity (Wildman–Crippen MR) is 81.4 cm³/mol. The Labute approximate surface area is 116 Å². The first-order valence-corrected chi connectivity index (χ1v) is 7.26. The van der Waals surface area contributed by atoms with E-state index in [-0.39, 0.29) is 6.10 Å². The maximum absolute atomic E-state index is 6.08. The summed E-state index contributed by atoms with van der Waals surface area (Å²) >= 11 is 0. The molecule has 0 heterocycles. The summed E-state index contributed by atoms with van der Waals surface area (Å²) in [6, 6.07) is 10.0. The molecular formula is C16H26N2O. The summed E-state index contributed by atoms with van der Waals surface area (Å²) in [6.45, 7) is 5.61. The van der Waals surface area contributed by atoms with Gasteiger partial charge in [0.2, 0.25) is 0 Å². The molecule has 106 valence electrons. The highest BCUT2D eigenvalue weighted by Gasteiger charge is 2.15. The smallest absolute Gasteiger partial charge is 0.139 e. The number of hydrogen-bond donors (Lipinski definition) is 1. The number of ether oxygens (including phenoxy) is 1. The molecule has 3 nitrogen and oxygen atoms in total. The van der Waals surface area contributed by atoms with Gasteiger partial charge in [0.05, 0.1) is 0 Å². The van der Waals surface area contributed by atoms with Crippen LogP contribution in [0.1, 0.15) is 51.2 Å². The molecule has 0 aliphatic carbocycles. The third kappa shape index (κ3) is 5.88. The highest BCUT2D eigenvalue weighted by atomic mass is 16.5. The monoisotopic (exact) mass is 262 g/mol. The summed E-state index contributed by atoms with van der Waals surface area (Å²) < 4.78 is 5.71. The Morgan fingerprint density at radius 3 is 2.53 bits per heavy atom. The summed E-state index contributed by atoms with van der Waals surface area (Å²) in [7, 11) is 0. The Bertz CT molecular complexity index is 362. The zero-order valence-corrected chi connectivity index (χ0v) is 12.1. The normalized spacial score (nSPS) is 13.5. The van der Waals surface area contributed by atoms with Crippen LogP contribution in [0.4, 0.5) is 0 Å². The first kappa shape index (κ1) is 15.7. The van der Waals surface area contributed by atoms with Crippen molar-refractivity contribution in [3.05, 3.63) is 35.9 Å². The molecule has 1 atom stereocenters. The van der Waals surface area contributed by atoms with Crippen molar-refractivity contribution in [2.24, 2.45) is 10.7 Å². The molecule has 0 fully saturated rings. The van der Waals surface area contributed by atoms with Crippen LogP contribution < -0.4 is 5.73 Å². The van der Waals surface area contributed by atoms with Gasteiger partial charge in [-0.25, -0.2) is 0 Å². The largest absolute Gasteiger partial charge is 0.385 e. The Morgan fingerprint density at radius 1 is 1.16 bits per heavy atom. The lowest BCUT2D eigenvalue weighted by Crippen LogP contribution is -2.25. The molecule has 1 unspecified atom stereocenters. The average Bonchev–Trinajstić information content (AvgIpc) is 2.45. The molecule has 0 aromatic heterocycles. The molecular weight excluding hydrogens is 236 g/mol. The van der Waals surface area contributed by atoms with E-state index in [0.29, 0.717) is 12.4 Å². The number of nitrogens with two attached hydrogens (primary N) is 1. The van der Waals surface area contributed by atoms with Crippen molar-refractivity contribution in [2.45, 2.75) is 45.6 Å². The lowest BCUT2D eigenvalue weighted by molar-refractivity contribution is 0.109. The van der Waals surface area contributed by atoms with Gasteiger partial charge in [-0.2, -0.15) is 0 Å². The minimum atomic E-state index is -0.211. The van der Waals surface area contributed by atoms with Crippen LogP contribution in [0.25, 0.3) is 0 Å². The number of hydrogen-bond acceptors (Lipinski definition) is 2. The summed E-state index contributed by atoms with van der Waals surface area (Å²) in [4.78, 5) is 4.46. The van der Waals surface area contributed by atoms with Crippen LogP contribution >= 0.6 is 0 Å². The van der Waals surface area contributed by atoms with Crippen molar-refractivity contribution in [2.75, 3.05) is 13.2 Å². The van der Waals surface area contributed by atoms with E-state index >= 15 is 0 Å². The lowest BCUT2D eigenvalue weighted by atomic mass is 10.1. The number of nitrogens with zero attached hydrogens (tertiary/aromatic N) is 1. The molecule has 1 rings (SSSR count). The summed E-state index contributed by atoms with van der Waals surface area (Å²) in [5.74, 6) is 0.588. The fraction of sp³-hybridized carbons (Fsp3) is 0.562. The maximum Gasteiger partial charge on any atom is 0.139 e.